The summed E-state index contributed by atoms with van der Waals surface area (Å²) < 4.78 is 0. The van der Waals surface area contributed by atoms with Crippen molar-refractivity contribution in [3.63, 3.8) is 0 Å². The number of hydrogen-bond acceptors (Lipinski definition) is 2. The van der Waals surface area contributed by atoms with Crippen LogP contribution in [-0.2, 0) is 11.2 Å². The minimum atomic E-state index is 0.146. The van der Waals surface area contributed by atoms with Gasteiger partial charge in [0.25, 0.3) is 0 Å². The highest BCUT2D eigenvalue weighted by molar-refractivity contribution is 5.93. The molecular formula is C10H9NO. The molecule has 0 saturated heterocycles. The van der Waals surface area contributed by atoms with Crippen LogP contribution in [0.3, 0.4) is 0 Å². The first-order valence-corrected chi connectivity index (χ1v) is 3.90. The molecule has 60 valence electrons. The molecule has 0 aromatic heterocycles. The summed E-state index contributed by atoms with van der Waals surface area (Å²) in [5.41, 5.74) is 2.09. The first kappa shape index (κ1) is 7.10. The van der Waals surface area contributed by atoms with Gasteiger partial charge in [-0.1, -0.05) is 18.2 Å². The number of ketones is 1. The second-order valence-electron chi connectivity index (χ2n) is 2.78. The Labute approximate surface area is 70.9 Å². The highest BCUT2D eigenvalue weighted by Crippen LogP contribution is 2.17. The maximum Gasteiger partial charge on any atom is 0.161 e. The quantitative estimate of drug-likeness (QED) is 0.624. The fourth-order valence-electron chi connectivity index (χ4n) is 1.29. The summed E-state index contributed by atoms with van der Waals surface area (Å²) in [6, 6.07) is 7.83. The molecule has 0 radical (unpaired) electrons. The van der Waals surface area contributed by atoms with E-state index in [4.69, 9.17) is 0 Å². The van der Waals surface area contributed by atoms with E-state index in [-0.39, 0.29) is 5.78 Å². The van der Waals surface area contributed by atoms with Crippen LogP contribution in [-0.4, -0.2) is 5.78 Å². The molecule has 12 heavy (non-hydrogen) atoms. The van der Waals surface area contributed by atoms with Gasteiger partial charge in [0.1, 0.15) is 0 Å². The Hall–Kier alpha value is -1.57. The molecule has 0 aliphatic carbocycles. The monoisotopic (exact) mass is 159 g/mol. The van der Waals surface area contributed by atoms with E-state index in [1.165, 1.54) is 0 Å². The maximum absolute atomic E-state index is 11.1. The molecule has 1 aromatic rings. The maximum atomic E-state index is 11.1. The van der Waals surface area contributed by atoms with Gasteiger partial charge in [0, 0.05) is 18.3 Å². The predicted molar refractivity (Wildman–Crippen MR) is 47.9 cm³/mol. The van der Waals surface area contributed by atoms with Crippen LogP contribution >= 0.6 is 0 Å². The lowest BCUT2D eigenvalue weighted by Crippen LogP contribution is -1.96. The van der Waals surface area contributed by atoms with Gasteiger partial charge in [-0.3, -0.25) is 4.79 Å². The summed E-state index contributed by atoms with van der Waals surface area (Å²) in [6.07, 6.45) is 3.76. The van der Waals surface area contributed by atoms with Crippen molar-refractivity contribution in [1.29, 1.82) is 0 Å². The number of para-hydroxylation sites is 1. The highest BCUT2D eigenvalue weighted by atomic mass is 16.1. The van der Waals surface area contributed by atoms with E-state index in [0.717, 1.165) is 11.3 Å². The first-order valence-electron chi connectivity index (χ1n) is 3.90. The van der Waals surface area contributed by atoms with Gasteiger partial charge in [-0.25, -0.2) is 0 Å². The van der Waals surface area contributed by atoms with Crippen LogP contribution in [0, 0.1) is 0 Å². The Balaban J connectivity index is 2.44. The number of carbonyl (C=O) groups excluding carboxylic acids is 1. The molecule has 0 unspecified atom stereocenters. The molecule has 1 aliphatic rings. The number of carbonyl (C=O) groups is 1. The van der Waals surface area contributed by atoms with Gasteiger partial charge >= 0.3 is 0 Å². The molecule has 0 spiro atoms. The summed E-state index contributed by atoms with van der Waals surface area (Å²) in [7, 11) is 0. The van der Waals surface area contributed by atoms with E-state index >= 15 is 0 Å². The van der Waals surface area contributed by atoms with Gasteiger partial charge in [0.05, 0.1) is 0 Å². The number of rotatable bonds is 0. The second kappa shape index (κ2) is 2.81. The van der Waals surface area contributed by atoms with Gasteiger partial charge in [-0.2, -0.15) is 0 Å². The average Bonchev–Trinajstić information content (AvgIpc) is 2.25. The topological polar surface area (TPSA) is 29.1 Å². The van der Waals surface area contributed by atoms with Crippen LogP contribution in [0.5, 0.6) is 0 Å². The van der Waals surface area contributed by atoms with Crippen molar-refractivity contribution in [3.05, 3.63) is 42.1 Å². The summed E-state index contributed by atoms with van der Waals surface area (Å²) in [5, 5.41) is 3.05. The van der Waals surface area contributed by atoms with Crippen molar-refractivity contribution in [3.8, 4) is 0 Å². The molecule has 1 aromatic carbocycles. The number of anilines is 1. The van der Waals surface area contributed by atoms with Gasteiger partial charge in [0.2, 0.25) is 0 Å². The summed E-state index contributed by atoms with van der Waals surface area (Å²) in [4.78, 5) is 11.1. The average molecular weight is 159 g/mol. The third-order valence-corrected chi connectivity index (χ3v) is 1.89. The zero-order valence-corrected chi connectivity index (χ0v) is 6.58. The van der Waals surface area contributed by atoms with Crippen LogP contribution in [0.25, 0.3) is 0 Å². The fourth-order valence-corrected chi connectivity index (χ4v) is 1.29. The van der Waals surface area contributed by atoms with E-state index in [0.29, 0.717) is 6.42 Å². The number of allylic oxidation sites excluding steroid dienone is 1. The lowest BCUT2D eigenvalue weighted by Gasteiger charge is -2.03. The zero-order chi connectivity index (χ0) is 8.39. The van der Waals surface area contributed by atoms with E-state index in [2.05, 4.69) is 5.32 Å². The van der Waals surface area contributed by atoms with Gasteiger partial charge < -0.3 is 5.32 Å². The molecule has 1 N–H and O–H groups in total. The molecule has 2 rings (SSSR count). The molecule has 0 amide bonds. The first-order chi connectivity index (χ1) is 5.86. The molecule has 1 aliphatic heterocycles. The van der Waals surface area contributed by atoms with Gasteiger partial charge in [-0.15, -0.1) is 0 Å². The van der Waals surface area contributed by atoms with Crippen molar-refractivity contribution < 1.29 is 4.79 Å². The van der Waals surface area contributed by atoms with Crippen LogP contribution in [0.2, 0.25) is 0 Å². The molecule has 2 heteroatoms. The molecule has 0 saturated carbocycles. The molecular weight excluding hydrogens is 150 g/mol. The smallest absolute Gasteiger partial charge is 0.161 e. The van der Waals surface area contributed by atoms with Crippen molar-refractivity contribution in [2.75, 3.05) is 5.32 Å². The summed E-state index contributed by atoms with van der Waals surface area (Å²) in [6.45, 7) is 0. The Bertz CT molecular complexity index is 341. The molecule has 1 heterocycles. The summed E-state index contributed by atoms with van der Waals surface area (Å²) >= 11 is 0. The van der Waals surface area contributed by atoms with E-state index in [1.807, 2.05) is 24.3 Å². The Morgan fingerprint density at radius 2 is 2.08 bits per heavy atom. The van der Waals surface area contributed by atoms with Gasteiger partial charge in [-0.05, 0) is 17.7 Å². The number of hydrogen-bond donors (Lipinski definition) is 1. The number of benzene rings is 1. The van der Waals surface area contributed by atoms with Crippen molar-refractivity contribution in [2.24, 2.45) is 0 Å². The van der Waals surface area contributed by atoms with Gasteiger partial charge in [0.15, 0.2) is 5.78 Å². The standard InChI is InChI=1S/C10H9NO/c12-9-5-6-11-10-4-2-1-3-8(10)7-9/h1-6,11H,7H2. The fraction of sp³-hybridized carbons (Fsp3) is 0.100. The van der Waals surface area contributed by atoms with Crippen LogP contribution in [0.15, 0.2) is 36.5 Å². The SMILES string of the molecule is O=C1C=CNc2ccccc2C1. The minimum absolute atomic E-state index is 0.146. The third kappa shape index (κ3) is 1.23. The Morgan fingerprint density at radius 1 is 1.25 bits per heavy atom. The summed E-state index contributed by atoms with van der Waals surface area (Å²) in [5.74, 6) is 0.146. The van der Waals surface area contributed by atoms with E-state index in [9.17, 15) is 4.79 Å². The largest absolute Gasteiger partial charge is 0.361 e. The van der Waals surface area contributed by atoms with Crippen LogP contribution in [0.4, 0.5) is 5.69 Å². The lowest BCUT2D eigenvalue weighted by molar-refractivity contribution is -0.113. The minimum Gasteiger partial charge on any atom is -0.361 e. The molecule has 0 bridgehead atoms. The third-order valence-electron chi connectivity index (χ3n) is 1.89. The number of fused-ring (bicyclic) bond motifs is 1. The van der Waals surface area contributed by atoms with Crippen molar-refractivity contribution in [1.82, 2.24) is 0 Å². The number of nitrogens with one attached hydrogen (secondary N) is 1. The Kier molecular flexibility index (Phi) is 1.67. The molecule has 2 nitrogen and oxygen atoms in total. The second-order valence-corrected chi connectivity index (χ2v) is 2.78. The van der Waals surface area contributed by atoms with Crippen molar-refractivity contribution in [2.45, 2.75) is 6.42 Å². The van der Waals surface area contributed by atoms with Crippen molar-refractivity contribution >= 4 is 11.5 Å². The molecule has 0 atom stereocenters. The van der Waals surface area contributed by atoms with Crippen LogP contribution < -0.4 is 5.32 Å². The predicted octanol–water partition coefficient (Wildman–Crippen LogP) is 1.74. The Morgan fingerprint density at radius 3 is 3.00 bits per heavy atom. The van der Waals surface area contributed by atoms with E-state index in [1.54, 1.807) is 12.3 Å². The van der Waals surface area contributed by atoms with E-state index < -0.39 is 0 Å². The normalized spacial score (nSPS) is 14.8. The lowest BCUT2D eigenvalue weighted by atomic mass is 10.1. The highest BCUT2D eigenvalue weighted by Gasteiger charge is 2.07. The molecule has 0 fully saturated rings. The zero-order valence-electron chi connectivity index (χ0n) is 6.58. The van der Waals surface area contributed by atoms with Crippen LogP contribution in [0.1, 0.15) is 5.56 Å².